The van der Waals surface area contributed by atoms with Gasteiger partial charge in [-0.3, -0.25) is 0 Å². The van der Waals surface area contributed by atoms with Crippen molar-refractivity contribution in [2.24, 2.45) is 5.41 Å². The van der Waals surface area contributed by atoms with Crippen LogP contribution in [0, 0.1) is 5.41 Å². The first-order valence-corrected chi connectivity index (χ1v) is 8.69. The second-order valence-corrected chi connectivity index (χ2v) is 6.83. The molecule has 2 N–H and O–H groups in total. The van der Waals surface area contributed by atoms with Crippen molar-refractivity contribution >= 4 is 17.4 Å². The van der Waals surface area contributed by atoms with Crippen molar-refractivity contribution in [2.75, 3.05) is 0 Å². The number of carboxylic acid groups (broad SMARTS) is 1. The Hall–Kier alpha value is -1.81. The molecule has 1 aliphatic rings. The molecule has 0 spiro atoms. The van der Waals surface area contributed by atoms with Crippen LogP contribution in [0.2, 0.25) is 0 Å². The number of thiophene rings is 1. The summed E-state index contributed by atoms with van der Waals surface area (Å²) in [6, 6.07) is 8.48. The topological polar surface area (TPSA) is 49.3 Å². The van der Waals surface area contributed by atoms with Gasteiger partial charge in [0.25, 0.3) is 0 Å². The fourth-order valence-corrected chi connectivity index (χ4v) is 4.39. The van der Waals surface area contributed by atoms with E-state index in [0.717, 1.165) is 24.8 Å². The van der Waals surface area contributed by atoms with E-state index in [1.807, 2.05) is 0 Å². The summed E-state index contributed by atoms with van der Waals surface area (Å²) in [5, 5.41) is 16.2. The Morgan fingerprint density at radius 3 is 2.68 bits per heavy atom. The number of hydrogen-bond donors (Lipinski definition) is 2. The molecule has 1 unspecified atom stereocenters. The predicted molar refractivity (Wildman–Crippen MR) is 90.4 cm³/mol. The van der Waals surface area contributed by atoms with E-state index in [-0.39, 0.29) is 11.5 Å². The molecule has 2 aromatic rings. The molecule has 3 nitrogen and oxygen atoms in total. The molecule has 1 atom stereocenters. The average Bonchev–Trinajstić information content (AvgIpc) is 3.13. The van der Waals surface area contributed by atoms with Crippen LogP contribution >= 0.6 is 11.3 Å². The molecule has 3 rings (SSSR count). The Morgan fingerprint density at radius 2 is 2.09 bits per heavy atom. The summed E-state index contributed by atoms with van der Waals surface area (Å²) in [6.45, 7) is 4.32. The van der Waals surface area contributed by atoms with E-state index in [4.69, 9.17) is 0 Å². The van der Waals surface area contributed by atoms with E-state index in [1.54, 1.807) is 11.3 Å². The number of benzene rings is 1. The van der Waals surface area contributed by atoms with Crippen LogP contribution in [0.1, 0.15) is 43.9 Å². The molecule has 22 heavy (non-hydrogen) atoms. The van der Waals surface area contributed by atoms with E-state index >= 15 is 0 Å². The van der Waals surface area contributed by atoms with Gasteiger partial charge in [0.1, 0.15) is 0 Å². The fraction of sp³-hybridized carbons (Fsp3) is 0.389. The maximum Gasteiger partial charge on any atom is 0.405 e. The summed E-state index contributed by atoms with van der Waals surface area (Å²) in [6.07, 6.45) is 1.94. The lowest BCUT2D eigenvalue weighted by atomic mass is 9.76. The van der Waals surface area contributed by atoms with Gasteiger partial charge in [0.05, 0.1) is 6.04 Å². The van der Waals surface area contributed by atoms with Gasteiger partial charge in [-0.25, -0.2) is 4.79 Å². The number of hydrogen-bond acceptors (Lipinski definition) is 2. The molecule has 0 saturated carbocycles. The molecule has 0 saturated heterocycles. The maximum absolute atomic E-state index is 11.2. The fourth-order valence-electron chi connectivity index (χ4n) is 3.72. The molecule has 0 aliphatic heterocycles. The van der Waals surface area contributed by atoms with E-state index in [2.05, 4.69) is 54.2 Å². The summed E-state index contributed by atoms with van der Waals surface area (Å²) in [7, 11) is 0. The Balaban J connectivity index is 2.03. The molecular formula is C18H21NO2S. The van der Waals surface area contributed by atoms with Crippen molar-refractivity contribution in [1.82, 2.24) is 5.32 Å². The first-order valence-electron chi connectivity index (χ1n) is 7.74. The number of amides is 1. The molecule has 116 valence electrons. The first kappa shape index (κ1) is 15.1. The van der Waals surface area contributed by atoms with E-state index in [0.29, 0.717) is 0 Å². The zero-order valence-electron chi connectivity index (χ0n) is 12.9. The van der Waals surface area contributed by atoms with Gasteiger partial charge in [-0.15, -0.1) is 0 Å². The van der Waals surface area contributed by atoms with Gasteiger partial charge in [-0.1, -0.05) is 32.0 Å². The van der Waals surface area contributed by atoms with Crippen molar-refractivity contribution in [3.8, 4) is 11.1 Å². The van der Waals surface area contributed by atoms with Crippen LogP contribution in [-0.4, -0.2) is 11.2 Å². The molecule has 1 aromatic heterocycles. The van der Waals surface area contributed by atoms with Gasteiger partial charge in [0.15, 0.2) is 0 Å². The van der Waals surface area contributed by atoms with Crippen molar-refractivity contribution in [1.29, 1.82) is 0 Å². The minimum atomic E-state index is -0.939. The smallest absolute Gasteiger partial charge is 0.405 e. The molecule has 4 heteroatoms. The number of carbonyl (C=O) groups is 1. The summed E-state index contributed by atoms with van der Waals surface area (Å²) in [5.74, 6) is 0. The third-order valence-corrected chi connectivity index (χ3v) is 5.82. The lowest BCUT2D eigenvalue weighted by Gasteiger charge is -2.33. The summed E-state index contributed by atoms with van der Waals surface area (Å²) < 4.78 is 0. The second-order valence-electron chi connectivity index (χ2n) is 6.05. The summed E-state index contributed by atoms with van der Waals surface area (Å²) >= 11 is 1.70. The van der Waals surface area contributed by atoms with Gasteiger partial charge in [-0.05, 0) is 63.8 Å². The number of nitrogens with one attached hydrogen (secondary N) is 1. The predicted octanol–water partition coefficient (Wildman–Crippen LogP) is 5.09. The normalized spacial score (nSPS) is 18.9. The van der Waals surface area contributed by atoms with Crippen molar-refractivity contribution in [3.05, 3.63) is 46.2 Å². The van der Waals surface area contributed by atoms with Crippen LogP contribution in [0.25, 0.3) is 11.1 Å². The van der Waals surface area contributed by atoms with Gasteiger partial charge in [-0.2, -0.15) is 11.3 Å². The highest BCUT2D eigenvalue weighted by atomic mass is 32.1. The molecule has 1 aliphatic carbocycles. The second kappa shape index (κ2) is 5.76. The first-order chi connectivity index (χ1) is 10.6. The quantitative estimate of drug-likeness (QED) is 0.826. The standard InChI is InChI=1S/C18H21NO2S/c1-3-18(4-2)10-14-9-12(13-7-8-22-11-13)5-6-15(14)16(18)19-17(20)21/h5-9,11,16,19H,3-4,10H2,1-2H3,(H,20,21). The maximum atomic E-state index is 11.2. The van der Waals surface area contributed by atoms with E-state index in [1.165, 1.54) is 16.7 Å². The SMILES string of the molecule is CCC1(CC)Cc2cc(-c3ccsc3)ccc2C1NC(=O)O. The van der Waals surface area contributed by atoms with Gasteiger partial charge in [0.2, 0.25) is 0 Å². The van der Waals surface area contributed by atoms with Gasteiger partial charge < -0.3 is 10.4 Å². The Kier molecular flexibility index (Phi) is 3.96. The van der Waals surface area contributed by atoms with Crippen LogP contribution in [0.15, 0.2) is 35.0 Å². The van der Waals surface area contributed by atoms with Crippen LogP contribution in [0.5, 0.6) is 0 Å². The van der Waals surface area contributed by atoms with Gasteiger partial charge in [0, 0.05) is 0 Å². The third kappa shape index (κ3) is 2.41. The van der Waals surface area contributed by atoms with Crippen molar-refractivity contribution in [3.63, 3.8) is 0 Å². The Bertz CT molecular complexity index is 674. The van der Waals surface area contributed by atoms with Crippen molar-refractivity contribution < 1.29 is 9.90 Å². The molecule has 0 fully saturated rings. The Labute approximate surface area is 135 Å². The molecule has 1 aromatic carbocycles. The third-order valence-electron chi connectivity index (χ3n) is 5.14. The average molecular weight is 315 g/mol. The van der Waals surface area contributed by atoms with Crippen LogP contribution in [-0.2, 0) is 6.42 Å². The zero-order chi connectivity index (χ0) is 15.7. The highest BCUT2D eigenvalue weighted by Crippen LogP contribution is 2.50. The lowest BCUT2D eigenvalue weighted by Crippen LogP contribution is -2.37. The van der Waals surface area contributed by atoms with Crippen molar-refractivity contribution in [2.45, 2.75) is 39.2 Å². The number of rotatable bonds is 4. The van der Waals surface area contributed by atoms with Crippen LogP contribution in [0.3, 0.4) is 0 Å². The molecule has 1 heterocycles. The van der Waals surface area contributed by atoms with Gasteiger partial charge >= 0.3 is 6.09 Å². The number of fused-ring (bicyclic) bond motifs is 1. The lowest BCUT2D eigenvalue weighted by molar-refractivity contribution is 0.157. The molecule has 0 bridgehead atoms. The highest BCUT2D eigenvalue weighted by molar-refractivity contribution is 7.08. The summed E-state index contributed by atoms with van der Waals surface area (Å²) in [5.41, 5.74) is 4.88. The minimum absolute atomic E-state index is 0.00596. The highest BCUT2D eigenvalue weighted by Gasteiger charge is 2.44. The van der Waals surface area contributed by atoms with Crippen LogP contribution < -0.4 is 5.32 Å². The largest absolute Gasteiger partial charge is 0.465 e. The Morgan fingerprint density at radius 1 is 1.32 bits per heavy atom. The monoisotopic (exact) mass is 315 g/mol. The minimum Gasteiger partial charge on any atom is -0.465 e. The van der Waals surface area contributed by atoms with E-state index in [9.17, 15) is 9.90 Å². The zero-order valence-corrected chi connectivity index (χ0v) is 13.7. The van der Waals surface area contributed by atoms with Crippen LogP contribution in [0.4, 0.5) is 4.79 Å². The molecule has 0 radical (unpaired) electrons. The van der Waals surface area contributed by atoms with E-state index < -0.39 is 6.09 Å². The molecular weight excluding hydrogens is 294 g/mol. The molecule has 1 amide bonds. The summed E-state index contributed by atoms with van der Waals surface area (Å²) in [4.78, 5) is 11.2.